The molecule has 2 N–H and O–H groups in total. The van der Waals surface area contributed by atoms with E-state index >= 15 is 0 Å². The number of piperidine rings is 1. The molecule has 0 aliphatic carbocycles. The summed E-state index contributed by atoms with van der Waals surface area (Å²) in [4.78, 5) is 0. The summed E-state index contributed by atoms with van der Waals surface area (Å²) >= 11 is 0. The van der Waals surface area contributed by atoms with Crippen LogP contribution in [0.2, 0.25) is 0 Å². The number of nitrogens with one attached hydrogen (secondary N) is 2. The molecule has 1 saturated heterocycles. The van der Waals surface area contributed by atoms with Crippen molar-refractivity contribution in [3.63, 3.8) is 0 Å². The van der Waals surface area contributed by atoms with Crippen LogP contribution in [0.3, 0.4) is 0 Å². The minimum absolute atomic E-state index is 0.428. The predicted molar refractivity (Wildman–Crippen MR) is 67.1 cm³/mol. The van der Waals surface area contributed by atoms with Gasteiger partial charge in [-0.25, -0.2) is 4.39 Å². The maximum atomic E-state index is 13.5. The van der Waals surface area contributed by atoms with Gasteiger partial charge >= 0.3 is 6.61 Å². The Bertz CT molecular complexity index is 409. The molecule has 1 aliphatic rings. The Labute approximate surface area is 110 Å². The average molecular weight is 274 g/mol. The van der Waals surface area contributed by atoms with Crippen LogP contribution in [-0.4, -0.2) is 26.2 Å². The maximum Gasteiger partial charge on any atom is 0.387 e. The van der Waals surface area contributed by atoms with Gasteiger partial charge in [0.2, 0.25) is 0 Å². The third-order valence-corrected chi connectivity index (χ3v) is 3.20. The van der Waals surface area contributed by atoms with Crippen LogP contribution in [0.15, 0.2) is 18.2 Å². The van der Waals surface area contributed by atoms with Crippen molar-refractivity contribution in [1.29, 1.82) is 0 Å². The maximum absolute atomic E-state index is 13.5. The van der Waals surface area contributed by atoms with Crippen LogP contribution in [-0.2, 0) is 0 Å². The zero-order chi connectivity index (χ0) is 13.7. The second-order valence-electron chi connectivity index (χ2n) is 4.60. The Balaban J connectivity index is 1.88. The zero-order valence-corrected chi connectivity index (χ0v) is 10.5. The first-order chi connectivity index (χ1) is 9.15. The van der Waals surface area contributed by atoms with Gasteiger partial charge in [0.15, 0.2) is 11.6 Å². The zero-order valence-electron chi connectivity index (χ0n) is 10.5. The number of ether oxygens (including phenoxy) is 1. The van der Waals surface area contributed by atoms with E-state index in [-0.39, 0.29) is 0 Å². The smallest absolute Gasteiger partial charge is 0.387 e. The molecule has 1 heterocycles. The molecule has 0 amide bonds. The number of halogens is 3. The molecule has 3 nitrogen and oxygen atoms in total. The molecule has 1 aliphatic heterocycles. The minimum atomic E-state index is -3.01. The Morgan fingerprint density at radius 3 is 2.68 bits per heavy atom. The van der Waals surface area contributed by atoms with Crippen molar-refractivity contribution >= 4 is 5.69 Å². The number of anilines is 1. The minimum Gasteiger partial charge on any atom is -0.432 e. The second-order valence-corrected chi connectivity index (χ2v) is 4.60. The highest BCUT2D eigenvalue weighted by Crippen LogP contribution is 2.23. The lowest BCUT2D eigenvalue weighted by Gasteiger charge is -2.23. The molecule has 106 valence electrons. The molecule has 1 aromatic carbocycles. The van der Waals surface area contributed by atoms with Crippen molar-refractivity contribution in [3.05, 3.63) is 24.0 Å². The van der Waals surface area contributed by atoms with E-state index in [9.17, 15) is 13.2 Å². The van der Waals surface area contributed by atoms with Crippen molar-refractivity contribution in [2.45, 2.75) is 19.5 Å². The summed E-state index contributed by atoms with van der Waals surface area (Å²) in [5.41, 5.74) is 0.581. The van der Waals surface area contributed by atoms with E-state index < -0.39 is 18.2 Å². The summed E-state index contributed by atoms with van der Waals surface area (Å²) in [6.07, 6.45) is 2.17. The lowest BCUT2D eigenvalue weighted by Crippen LogP contribution is -2.31. The molecule has 0 atom stereocenters. The standard InChI is InChI=1S/C13H17F3N2O/c14-11-7-10(1-2-12(11)19-13(15)16)18-8-9-3-5-17-6-4-9/h1-2,7,9,13,17-18H,3-6,8H2. The lowest BCUT2D eigenvalue weighted by molar-refractivity contribution is -0.0521. The van der Waals surface area contributed by atoms with Crippen LogP contribution < -0.4 is 15.4 Å². The number of hydrogen-bond acceptors (Lipinski definition) is 3. The van der Waals surface area contributed by atoms with E-state index in [4.69, 9.17) is 0 Å². The molecule has 0 bridgehead atoms. The molecular formula is C13H17F3N2O. The molecule has 1 aromatic rings. The average Bonchev–Trinajstić information content (AvgIpc) is 2.40. The molecule has 0 radical (unpaired) electrons. The van der Waals surface area contributed by atoms with Gasteiger partial charge in [-0.1, -0.05) is 0 Å². The Morgan fingerprint density at radius 1 is 1.32 bits per heavy atom. The van der Waals surface area contributed by atoms with E-state index in [1.807, 2.05) is 0 Å². The summed E-state index contributed by atoms with van der Waals surface area (Å²) in [6, 6.07) is 3.94. The monoisotopic (exact) mass is 274 g/mol. The highest BCUT2D eigenvalue weighted by atomic mass is 19.3. The van der Waals surface area contributed by atoms with Gasteiger partial charge in [-0.05, 0) is 44.0 Å². The third kappa shape index (κ3) is 4.31. The van der Waals surface area contributed by atoms with Crippen LogP contribution >= 0.6 is 0 Å². The molecule has 0 spiro atoms. The lowest BCUT2D eigenvalue weighted by atomic mass is 9.98. The summed E-state index contributed by atoms with van der Waals surface area (Å²) in [5.74, 6) is -0.653. The van der Waals surface area contributed by atoms with Crippen LogP contribution in [0.5, 0.6) is 5.75 Å². The van der Waals surface area contributed by atoms with Gasteiger partial charge in [-0.2, -0.15) is 8.78 Å². The van der Waals surface area contributed by atoms with Gasteiger partial charge in [-0.15, -0.1) is 0 Å². The number of alkyl halides is 2. The number of benzene rings is 1. The Morgan fingerprint density at radius 2 is 2.05 bits per heavy atom. The topological polar surface area (TPSA) is 33.3 Å². The van der Waals surface area contributed by atoms with Crippen molar-refractivity contribution in [3.8, 4) is 5.75 Å². The van der Waals surface area contributed by atoms with Gasteiger partial charge in [0.05, 0.1) is 0 Å². The van der Waals surface area contributed by atoms with Crippen LogP contribution in [0, 0.1) is 11.7 Å². The number of rotatable bonds is 5. The quantitative estimate of drug-likeness (QED) is 0.866. The fourth-order valence-electron chi connectivity index (χ4n) is 2.15. The predicted octanol–water partition coefficient (Wildman–Crippen LogP) is 2.84. The molecule has 6 heteroatoms. The van der Waals surface area contributed by atoms with Crippen molar-refractivity contribution < 1.29 is 17.9 Å². The van der Waals surface area contributed by atoms with E-state index in [1.165, 1.54) is 12.1 Å². The molecule has 0 unspecified atom stereocenters. The van der Waals surface area contributed by atoms with Crippen LogP contribution in [0.4, 0.5) is 18.9 Å². The Hall–Kier alpha value is -1.43. The van der Waals surface area contributed by atoms with E-state index in [0.29, 0.717) is 11.6 Å². The van der Waals surface area contributed by atoms with E-state index in [1.54, 1.807) is 6.07 Å². The highest BCUT2D eigenvalue weighted by Gasteiger charge is 2.13. The van der Waals surface area contributed by atoms with E-state index in [0.717, 1.165) is 32.5 Å². The molecule has 19 heavy (non-hydrogen) atoms. The van der Waals surface area contributed by atoms with Crippen molar-refractivity contribution in [1.82, 2.24) is 5.32 Å². The molecule has 2 rings (SSSR count). The fraction of sp³-hybridized carbons (Fsp3) is 0.538. The first-order valence-electron chi connectivity index (χ1n) is 6.34. The first kappa shape index (κ1) is 14.0. The molecule has 1 fully saturated rings. The van der Waals surface area contributed by atoms with Crippen molar-refractivity contribution in [2.75, 3.05) is 25.0 Å². The summed E-state index contributed by atoms with van der Waals surface area (Å²) in [7, 11) is 0. The SMILES string of the molecule is Fc1cc(NCC2CCNCC2)ccc1OC(F)F. The second kappa shape index (κ2) is 6.65. The van der Waals surface area contributed by atoms with Gasteiger partial charge in [-0.3, -0.25) is 0 Å². The summed E-state index contributed by atoms with van der Waals surface area (Å²) in [6.45, 7) is -0.247. The van der Waals surface area contributed by atoms with Gasteiger partial charge in [0.25, 0.3) is 0 Å². The number of hydrogen-bond donors (Lipinski definition) is 2. The summed E-state index contributed by atoms with van der Waals surface area (Å²) in [5, 5.41) is 6.40. The van der Waals surface area contributed by atoms with Gasteiger partial charge in [0, 0.05) is 18.3 Å². The largest absolute Gasteiger partial charge is 0.432 e. The van der Waals surface area contributed by atoms with E-state index in [2.05, 4.69) is 15.4 Å². The Kier molecular flexibility index (Phi) is 4.90. The third-order valence-electron chi connectivity index (χ3n) is 3.20. The highest BCUT2D eigenvalue weighted by molar-refractivity contribution is 5.47. The fourth-order valence-corrected chi connectivity index (χ4v) is 2.15. The van der Waals surface area contributed by atoms with Crippen molar-refractivity contribution in [2.24, 2.45) is 5.92 Å². The van der Waals surface area contributed by atoms with Gasteiger partial charge in [0.1, 0.15) is 0 Å². The molecule has 0 saturated carbocycles. The van der Waals surface area contributed by atoms with Crippen LogP contribution in [0.1, 0.15) is 12.8 Å². The molecule has 0 aromatic heterocycles. The summed E-state index contributed by atoms with van der Waals surface area (Å²) < 4.78 is 41.5. The van der Waals surface area contributed by atoms with Crippen LogP contribution in [0.25, 0.3) is 0 Å². The first-order valence-corrected chi connectivity index (χ1v) is 6.34. The normalized spacial score (nSPS) is 16.6. The van der Waals surface area contributed by atoms with Gasteiger partial charge < -0.3 is 15.4 Å². The molecular weight excluding hydrogens is 257 g/mol.